The van der Waals surface area contributed by atoms with Crippen LogP contribution >= 0.6 is 22.7 Å². The topological polar surface area (TPSA) is 92.3 Å². The van der Waals surface area contributed by atoms with E-state index in [1.807, 2.05) is 25.1 Å². The third kappa shape index (κ3) is 5.17. The molecule has 1 fully saturated rings. The quantitative estimate of drug-likeness (QED) is 0.412. The Hall–Kier alpha value is -2.25. The van der Waals surface area contributed by atoms with Crippen molar-refractivity contribution in [3.05, 3.63) is 29.6 Å². The smallest absolute Gasteiger partial charge is 0.253 e. The standard InChI is InChI=1S/C23H30N4O5S3/c1-25(2)13-14-26(23-24-20-17(31-3)10-11-18(32-4)21(20)34-23)22(28)16-8-5-6-12-27(16)35(29,30)19-9-7-15-33-19/h7,9-11,15-16H,5-6,8,12-14H2,1-4H3. The Morgan fingerprint density at radius 1 is 1.14 bits per heavy atom. The first-order valence-corrected chi connectivity index (χ1v) is 14.4. The molecule has 9 nitrogen and oxygen atoms in total. The number of amides is 1. The summed E-state index contributed by atoms with van der Waals surface area (Å²) in [5.41, 5.74) is 0.612. The minimum atomic E-state index is -3.77. The first kappa shape index (κ1) is 25.8. The Kier molecular flexibility index (Phi) is 7.96. The molecule has 1 saturated heterocycles. The number of aromatic nitrogens is 1. The van der Waals surface area contributed by atoms with Gasteiger partial charge in [0.05, 0.1) is 14.2 Å². The molecule has 0 N–H and O–H groups in total. The second kappa shape index (κ2) is 10.8. The van der Waals surface area contributed by atoms with E-state index < -0.39 is 16.1 Å². The second-order valence-electron chi connectivity index (χ2n) is 8.50. The molecule has 4 rings (SSSR count). The van der Waals surface area contributed by atoms with Crippen molar-refractivity contribution in [1.29, 1.82) is 0 Å². The SMILES string of the molecule is COc1ccc(OC)c2sc(N(CCN(C)C)C(=O)C3CCCCN3S(=O)(=O)c3cccs3)nc12. The van der Waals surface area contributed by atoms with Crippen molar-refractivity contribution in [3.63, 3.8) is 0 Å². The molecule has 190 valence electrons. The van der Waals surface area contributed by atoms with Crippen LogP contribution in [-0.2, 0) is 14.8 Å². The number of likely N-dealkylation sites (N-methyl/N-ethyl adjacent to an activating group) is 1. The lowest BCUT2D eigenvalue weighted by Gasteiger charge is -2.36. The molecule has 0 saturated carbocycles. The number of benzene rings is 1. The summed E-state index contributed by atoms with van der Waals surface area (Å²) < 4.78 is 40.2. The predicted molar refractivity (Wildman–Crippen MR) is 139 cm³/mol. The molecule has 12 heteroatoms. The number of carbonyl (C=O) groups excluding carboxylic acids is 1. The molecule has 0 radical (unpaired) electrons. The predicted octanol–water partition coefficient (Wildman–Crippen LogP) is 3.51. The number of ether oxygens (including phenoxy) is 2. The highest BCUT2D eigenvalue weighted by Gasteiger charge is 2.41. The summed E-state index contributed by atoms with van der Waals surface area (Å²) in [5, 5.41) is 2.23. The number of piperidine rings is 1. The van der Waals surface area contributed by atoms with Gasteiger partial charge in [0.2, 0.25) is 5.91 Å². The van der Waals surface area contributed by atoms with Crippen molar-refractivity contribution >= 4 is 54.0 Å². The summed E-state index contributed by atoms with van der Waals surface area (Å²) in [7, 11) is 3.26. The van der Waals surface area contributed by atoms with Gasteiger partial charge in [-0.15, -0.1) is 11.3 Å². The maximum Gasteiger partial charge on any atom is 0.253 e. The highest BCUT2D eigenvalue weighted by Crippen LogP contribution is 2.40. The first-order valence-electron chi connectivity index (χ1n) is 11.3. The normalized spacial score (nSPS) is 17.1. The number of methoxy groups -OCH3 is 2. The van der Waals surface area contributed by atoms with E-state index in [4.69, 9.17) is 14.5 Å². The lowest BCUT2D eigenvalue weighted by molar-refractivity contribution is -0.123. The summed E-state index contributed by atoms with van der Waals surface area (Å²) in [6, 6.07) is 6.11. The van der Waals surface area contributed by atoms with Gasteiger partial charge in [-0.05, 0) is 50.5 Å². The Morgan fingerprint density at radius 2 is 1.89 bits per heavy atom. The molecule has 35 heavy (non-hydrogen) atoms. The van der Waals surface area contributed by atoms with E-state index in [1.165, 1.54) is 27.0 Å². The number of nitrogens with zero attached hydrogens (tertiary/aromatic N) is 4. The number of fused-ring (bicyclic) bond motifs is 1. The zero-order valence-corrected chi connectivity index (χ0v) is 22.7. The van der Waals surface area contributed by atoms with Gasteiger partial charge in [0.1, 0.15) is 32.0 Å². The van der Waals surface area contributed by atoms with Crippen LogP contribution in [0.15, 0.2) is 33.9 Å². The third-order valence-corrected chi connectivity index (χ3v) is 10.3. The molecule has 2 aromatic heterocycles. The molecule has 3 heterocycles. The van der Waals surface area contributed by atoms with Gasteiger partial charge < -0.3 is 14.4 Å². The molecule has 1 unspecified atom stereocenters. The lowest BCUT2D eigenvalue weighted by Crippen LogP contribution is -2.53. The van der Waals surface area contributed by atoms with E-state index in [0.717, 1.165) is 17.5 Å². The highest BCUT2D eigenvalue weighted by molar-refractivity contribution is 7.91. The van der Waals surface area contributed by atoms with Crippen molar-refractivity contribution in [2.24, 2.45) is 0 Å². The van der Waals surface area contributed by atoms with Gasteiger partial charge in [-0.1, -0.05) is 23.8 Å². The van der Waals surface area contributed by atoms with E-state index in [1.54, 1.807) is 42.7 Å². The summed E-state index contributed by atoms with van der Waals surface area (Å²) in [4.78, 5) is 22.4. The van der Waals surface area contributed by atoms with Crippen molar-refractivity contribution in [2.45, 2.75) is 29.5 Å². The Morgan fingerprint density at radius 3 is 2.54 bits per heavy atom. The summed E-state index contributed by atoms with van der Waals surface area (Å²) in [5.74, 6) is 0.968. The van der Waals surface area contributed by atoms with Crippen molar-refractivity contribution in [1.82, 2.24) is 14.2 Å². The van der Waals surface area contributed by atoms with Crippen LogP contribution in [0.3, 0.4) is 0 Å². The number of sulfonamides is 1. The van der Waals surface area contributed by atoms with Crippen LogP contribution in [-0.4, -0.2) is 82.5 Å². The molecular weight excluding hydrogens is 508 g/mol. The summed E-state index contributed by atoms with van der Waals surface area (Å²) in [6.07, 6.45) is 1.98. The van der Waals surface area contributed by atoms with Crippen LogP contribution in [0.2, 0.25) is 0 Å². The maximum absolute atomic E-state index is 14.0. The van der Waals surface area contributed by atoms with E-state index in [2.05, 4.69) is 0 Å². The van der Waals surface area contributed by atoms with Crippen LogP contribution in [0.1, 0.15) is 19.3 Å². The number of hydrogen-bond donors (Lipinski definition) is 0. The Bertz CT molecular complexity index is 1230. The number of thiazole rings is 1. The van der Waals surface area contributed by atoms with Gasteiger partial charge >= 0.3 is 0 Å². The molecule has 1 atom stereocenters. The van der Waals surface area contributed by atoms with Gasteiger partial charge in [0.15, 0.2) is 5.13 Å². The van der Waals surface area contributed by atoms with E-state index in [-0.39, 0.29) is 10.1 Å². The summed E-state index contributed by atoms with van der Waals surface area (Å²) in [6.45, 7) is 1.29. The molecule has 1 amide bonds. The number of rotatable bonds is 9. The molecular formula is C23H30N4O5S3. The van der Waals surface area contributed by atoms with Gasteiger partial charge in [-0.25, -0.2) is 13.4 Å². The third-order valence-electron chi connectivity index (χ3n) is 5.96. The minimum absolute atomic E-state index is 0.256. The zero-order chi connectivity index (χ0) is 25.2. The van der Waals surface area contributed by atoms with E-state index >= 15 is 0 Å². The molecule has 0 bridgehead atoms. The summed E-state index contributed by atoms with van der Waals surface area (Å²) >= 11 is 2.51. The zero-order valence-electron chi connectivity index (χ0n) is 20.3. The average molecular weight is 539 g/mol. The Balaban J connectivity index is 1.75. The number of carbonyl (C=O) groups is 1. The fourth-order valence-electron chi connectivity index (χ4n) is 4.14. The van der Waals surface area contributed by atoms with Crippen molar-refractivity contribution < 1.29 is 22.7 Å². The van der Waals surface area contributed by atoms with Crippen LogP contribution in [0.25, 0.3) is 10.2 Å². The molecule has 1 aliphatic heterocycles. The van der Waals surface area contributed by atoms with Gasteiger partial charge in [-0.3, -0.25) is 9.69 Å². The number of anilines is 1. The maximum atomic E-state index is 14.0. The number of hydrogen-bond acceptors (Lipinski definition) is 9. The van der Waals surface area contributed by atoms with Gasteiger partial charge in [0.25, 0.3) is 10.0 Å². The van der Waals surface area contributed by atoms with E-state index in [9.17, 15) is 13.2 Å². The molecule has 3 aromatic rings. The highest BCUT2D eigenvalue weighted by atomic mass is 32.2. The fourth-order valence-corrected chi connectivity index (χ4v) is 8.01. The first-order chi connectivity index (χ1) is 16.8. The molecule has 1 aromatic carbocycles. The van der Waals surface area contributed by atoms with Gasteiger partial charge in [0, 0.05) is 19.6 Å². The average Bonchev–Trinajstić information content (AvgIpc) is 3.54. The Labute approximate surface area is 213 Å². The van der Waals surface area contributed by atoms with E-state index in [0.29, 0.717) is 48.2 Å². The van der Waals surface area contributed by atoms with Crippen LogP contribution < -0.4 is 14.4 Å². The lowest BCUT2D eigenvalue weighted by atomic mass is 10.0. The molecule has 0 spiro atoms. The van der Waals surface area contributed by atoms with Gasteiger partial charge in [-0.2, -0.15) is 4.31 Å². The van der Waals surface area contributed by atoms with Crippen molar-refractivity contribution in [2.75, 3.05) is 52.8 Å². The van der Waals surface area contributed by atoms with Crippen molar-refractivity contribution in [3.8, 4) is 11.5 Å². The minimum Gasteiger partial charge on any atom is -0.495 e. The number of thiophene rings is 1. The monoisotopic (exact) mass is 538 g/mol. The molecule has 0 aliphatic carbocycles. The fraction of sp³-hybridized carbons (Fsp3) is 0.478. The molecule has 1 aliphatic rings. The van der Waals surface area contributed by atoms with Crippen LogP contribution in [0.5, 0.6) is 11.5 Å². The largest absolute Gasteiger partial charge is 0.495 e. The second-order valence-corrected chi connectivity index (χ2v) is 12.5. The van der Waals surface area contributed by atoms with Crippen LogP contribution in [0, 0.1) is 0 Å². The van der Waals surface area contributed by atoms with Crippen LogP contribution in [0.4, 0.5) is 5.13 Å².